The van der Waals surface area contributed by atoms with Crippen LogP contribution in [0, 0.1) is 0 Å². The van der Waals surface area contributed by atoms with Crippen molar-refractivity contribution in [2.75, 3.05) is 18.6 Å². The van der Waals surface area contributed by atoms with Gasteiger partial charge < -0.3 is 9.47 Å². The van der Waals surface area contributed by atoms with Crippen LogP contribution in [0.2, 0.25) is 0 Å². The quantitative estimate of drug-likeness (QED) is 0.866. The summed E-state index contributed by atoms with van der Waals surface area (Å²) in [6.07, 6.45) is 0.541. The summed E-state index contributed by atoms with van der Waals surface area (Å²) in [6.45, 7) is 9.61. The lowest BCUT2D eigenvalue weighted by Crippen LogP contribution is -2.45. The van der Waals surface area contributed by atoms with E-state index in [0.29, 0.717) is 12.3 Å². The van der Waals surface area contributed by atoms with E-state index < -0.39 is 17.8 Å². The van der Waals surface area contributed by atoms with Gasteiger partial charge in [-0.25, -0.2) is 20.0 Å². The van der Waals surface area contributed by atoms with Gasteiger partial charge in [-0.05, 0) is 27.0 Å². The Morgan fingerprint density at radius 2 is 2.11 bits per heavy atom. The van der Waals surface area contributed by atoms with Gasteiger partial charge in [0.05, 0.1) is 6.54 Å². The van der Waals surface area contributed by atoms with Gasteiger partial charge in [0.2, 0.25) is 0 Å². The number of hydrogen-bond donors (Lipinski definition) is 1. The zero-order chi connectivity index (χ0) is 15.1. The van der Waals surface area contributed by atoms with Crippen LogP contribution in [0.4, 0.5) is 9.59 Å². The fourth-order valence-electron chi connectivity index (χ4n) is 1.30. The van der Waals surface area contributed by atoms with Gasteiger partial charge in [0.15, 0.2) is 0 Å². The highest BCUT2D eigenvalue weighted by atomic mass is 32.2. The highest BCUT2D eigenvalue weighted by Crippen LogP contribution is 2.13. The molecule has 1 N–H and O–H groups in total. The predicted octanol–water partition coefficient (Wildman–Crippen LogP) is 2.64. The van der Waals surface area contributed by atoms with Crippen molar-refractivity contribution in [1.29, 1.82) is 0 Å². The van der Waals surface area contributed by atoms with Crippen LogP contribution < -0.4 is 5.43 Å². The largest absolute Gasteiger partial charge is 0.443 e. The maximum absolute atomic E-state index is 11.4. The molecule has 7 heteroatoms. The van der Waals surface area contributed by atoms with E-state index in [9.17, 15) is 9.59 Å². The Bertz CT molecular complexity index is 305. The number of carbonyl (C=O) groups is 2. The van der Waals surface area contributed by atoms with Crippen LogP contribution >= 0.6 is 11.8 Å². The Kier molecular flexibility index (Phi) is 7.66. The first-order chi connectivity index (χ1) is 8.81. The molecule has 0 bridgehead atoms. The SMILES string of the molecule is CC.CSC[C@H]1CN(NC(=O)OC(C)(C)C)C(=O)O1. The fourth-order valence-corrected chi connectivity index (χ4v) is 1.84. The van der Waals surface area contributed by atoms with Crippen molar-refractivity contribution in [3.63, 3.8) is 0 Å². The summed E-state index contributed by atoms with van der Waals surface area (Å²) < 4.78 is 10.1. The molecule has 1 atom stereocenters. The molecule has 19 heavy (non-hydrogen) atoms. The third kappa shape index (κ3) is 7.15. The molecule has 0 unspecified atom stereocenters. The molecule has 0 aromatic heterocycles. The smallest absolute Gasteiger partial charge is 0.429 e. The molecule has 1 aliphatic rings. The Morgan fingerprint density at radius 1 is 1.53 bits per heavy atom. The van der Waals surface area contributed by atoms with E-state index in [1.165, 1.54) is 0 Å². The highest BCUT2D eigenvalue weighted by molar-refractivity contribution is 7.98. The lowest BCUT2D eigenvalue weighted by atomic mass is 10.2. The third-order valence-corrected chi connectivity index (χ3v) is 2.56. The Morgan fingerprint density at radius 3 is 2.58 bits per heavy atom. The zero-order valence-electron chi connectivity index (χ0n) is 12.5. The standard InChI is InChI=1S/C10H18N2O4S.C2H6/c1-10(2,3)16-8(13)11-12-5-7(6-17-4)15-9(12)14;1-2/h7H,5-6H2,1-4H3,(H,11,13);1-2H3/t7-;/m1./s1. The van der Waals surface area contributed by atoms with Gasteiger partial charge in [-0.2, -0.15) is 11.8 Å². The fraction of sp³-hybridized carbons (Fsp3) is 0.833. The van der Waals surface area contributed by atoms with Crippen LogP contribution in [0.5, 0.6) is 0 Å². The van der Waals surface area contributed by atoms with Crippen LogP contribution in [0.25, 0.3) is 0 Å². The number of amides is 2. The van der Waals surface area contributed by atoms with Gasteiger partial charge in [0.1, 0.15) is 11.7 Å². The van der Waals surface area contributed by atoms with Crippen LogP contribution in [0.15, 0.2) is 0 Å². The third-order valence-electron chi connectivity index (χ3n) is 1.85. The zero-order valence-corrected chi connectivity index (χ0v) is 13.3. The first-order valence-corrected chi connectivity index (χ1v) is 7.68. The Hall–Kier alpha value is -1.11. The number of hydrazine groups is 1. The molecule has 0 radical (unpaired) electrons. The number of nitrogens with zero attached hydrogens (tertiary/aromatic N) is 1. The molecular formula is C12H24N2O4S. The van der Waals surface area contributed by atoms with Crippen LogP contribution in [-0.2, 0) is 9.47 Å². The number of rotatable bonds is 3. The predicted molar refractivity (Wildman–Crippen MR) is 76.1 cm³/mol. The second-order valence-corrected chi connectivity index (χ2v) is 5.60. The molecule has 1 rings (SSSR count). The highest BCUT2D eigenvalue weighted by Gasteiger charge is 2.33. The lowest BCUT2D eigenvalue weighted by Gasteiger charge is -2.22. The number of carbonyl (C=O) groups excluding carboxylic acids is 2. The molecule has 1 fully saturated rings. The van der Waals surface area contributed by atoms with E-state index in [-0.39, 0.29) is 6.10 Å². The monoisotopic (exact) mass is 292 g/mol. The van der Waals surface area contributed by atoms with E-state index in [1.54, 1.807) is 32.5 Å². The molecule has 1 saturated heterocycles. The number of hydrogen-bond acceptors (Lipinski definition) is 5. The summed E-state index contributed by atoms with van der Waals surface area (Å²) in [7, 11) is 0. The van der Waals surface area contributed by atoms with Gasteiger partial charge in [-0.15, -0.1) is 0 Å². The van der Waals surface area contributed by atoms with Gasteiger partial charge in [-0.3, -0.25) is 0 Å². The molecule has 0 saturated carbocycles. The van der Waals surface area contributed by atoms with Crippen molar-refractivity contribution < 1.29 is 19.1 Å². The van der Waals surface area contributed by atoms with E-state index in [4.69, 9.17) is 9.47 Å². The van der Waals surface area contributed by atoms with Crippen molar-refractivity contribution in [2.24, 2.45) is 0 Å². The lowest BCUT2D eigenvalue weighted by molar-refractivity contribution is 0.0389. The minimum Gasteiger partial charge on any atom is -0.443 e. The van der Waals surface area contributed by atoms with E-state index >= 15 is 0 Å². The summed E-state index contributed by atoms with van der Waals surface area (Å²) >= 11 is 1.58. The van der Waals surface area contributed by atoms with E-state index in [2.05, 4.69) is 5.43 Å². The average molecular weight is 292 g/mol. The van der Waals surface area contributed by atoms with Gasteiger partial charge in [-0.1, -0.05) is 13.8 Å². The second kappa shape index (κ2) is 8.14. The van der Waals surface area contributed by atoms with Crippen molar-refractivity contribution >= 4 is 23.9 Å². The second-order valence-electron chi connectivity index (χ2n) is 4.69. The first-order valence-electron chi connectivity index (χ1n) is 6.28. The molecule has 0 aromatic rings. The molecule has 0 aliphatic carbocycles. The van der Waals surface area contributed by atoms with Crippen LogP contribution in [0.3, 0.4) is 0 Å². The molecular weight excluding hydrogens is 268 g/mol. The molecule has 0 aromatic carbocycles. The van der Waals surface area contributed by atoms with Crippen LogP contribution in [0.1, 0.15) is 34.6 Å². The van der Waals surface area contributed by atoms with Gasteiger partial charge in [0.25, 0.3) is 0 Å². The number of cyclic esters (lactones) is 1. The molecule has 0 spiro atoms. The maximum atomic E-state index is 11.4. The summed E-state index contributed by atoms with van der Waals surface area (Å²) in [4.78, 5) is 22.8. The first kappa shape index (κ1) is 17.9. The molecule has 2 amide bonds. The maximum Gasteiger partial charge on any atom is 0.429 e. The van der Waals surface area contributed by atoms with E-state index in [0.717, 1.165) is 5.01 Å². The minimum atomic E-state index is -0.653. The molecule has 1 heterocycles. The normalized spacial score (nSPS) is 18.3. The topological polar surface area (TPSA) is 67.9 Å². The van der Waals surface area contributed by atoms with Gasteiger partial charge >= 0.3 is 12.2 Å². The number of nitrogens with one attached hydrogen (secondary N) is 1. The number of thioether (sulfide) groups is 1. The Balaban J connectivity index is 0.00000154. The molecule has 112 valence electrons. The van der Waals surface area contributed by atoms with Crippen molar-refractivity contribution in [3.05, 3.63) is 0 Å². The van der Waals surface area contributed by atoms with Crippen molar-refractivity contribution in [1.82, 2.24) is 10.4 Å². The van der Waals surface area contributed by atoms with E-state index in [1.807, 2.05) is 20.1 Å². The van der Waals surface area contributed by atoms with Crippen molar-refractivity contribution in [2.45, 2.75) is 46.3 Å². The minimum absolute atomic E-state index is 0.188. The van der Waals surface area contributed by atoms with Crippen molar-refractivity contribution in [3.8, 4) is 0 Å². The summed E-state index contributed by atoms with van der Waals surface area (Å²) in [5, 5.41) is 1.13. The molecule has 1 aliphatic heterocycles. The average Bonchev–Trinajstić information content (AvgIpc) is 2.60. The molecule has 6 nitrogen and oxygen atoms in total. The van der Waals surface area contributed by atoms with Crippen LogP contribution in [-0.4, -0.2) is 47.5 Å². The number of ether oxygens (including phenoxy) is 2. The summed E-state index contributed by atoms with van der Waals surface area (Å²) in [5.41, 5.74) is 1.77. The van der Waals surface area contributed by atoms with Gasteiger partial charge in [0, 0.05) is 5.75 Å². The summed E-state index contributed by atoms with van der Waals surface area (Å²) in [6, 6.07) is 0. The summed E-state index contributed by atoms with van der Waals surface area (Å²) in [5.74, 6) is 0.707. The Labute approximate surface area is 119 Å².